The van der Waals surface area contributed by atoms with Gasteiger partial charge in [0.15, 0.2) is 0 Å². The van der Waals surface area contributed by atoms with E-state index in [1.807, 2.05) is 31.4 Å². The molecule has 0 atom stereocenters. The van der Waals surface area contributed by atoms with Crippen LogP contribution in [0.15, 0.2) is 17.5 Å². The maximum atomic E-state index is 12.7. The first-order chi connectivity index (χ1) is 11.5. The second-order valence-electron chi connectivity index (χ2n) is 6.08. The Labute approximate surface area is 146 Å². The summed E-state index contributed by atoms with van der Waals surface area (Å²) in [6, 6.07) is 3.52. The minimum atomic E-state index is -0.835. The van der Waals surface area contributed by atoms with E-state index >= 15 is 0 Å². The van der Waals surface area contributed by atoms with Crippen LogP contribution in [0.2, 0.25) is 0 Å². The van der Waals surface area contributed by atoms with Crippen LogP contribution in [0.25, 0.3) is 0 Å². The fourth-order valence-corrected chi connectivity index (χ4v) is 3.83. The van der Waals surface area contributed by atoms with Gasteiger partial charge in [-0.25, -0.2) is 4.79 Å². The summed E-state index contributed by atoms with van der Waals surface area (Å²) in [4.78, 5) is 39.1. The molecule has 0 radical (unpaired) electrons. The molecule has 1 aliphatic rings. The maximum absolute atomic E-state index is 12.7. The lowest BCUT2D eigenvalue weighted by atomic mass is 9.88. The second kappa shape index (κ2) is 8.28. The van der Waals surface area contributed by atoms with Gasteiger partial charge < -0.3 is 10.6 Å². The number of nitrogens with zero attached hydrogens (tertiary/aromatic N) is 1. The van der Waals surface area contributed by atoms with Crippen LogP contribution < -0.4 is 10.6 Å². The third-order valence-electron chi connectivity index (χ3n) is 4.17. The second-order valence-corrected chi connectivity index (χ2v) is 7.12. The largest absolute Gasteiger partial charge is 0.354 e. The molecule has 1 aliphatic heterocycles. The number of carbonyl (C=O) groups is 3. The summed E-state index contributed by atoms with van der Waals surface area (Å²) in [7, 11) is 0. The number of urea groups is 1. The summed E-state index contributed by atoms with van der Waals surface area (Å²) in [5, 5.41) is 7.58. The summed E-state index contributed by atoms with van der Waals surface area (Å²) < 4.78 is 0. The molecule has 132 valence electrons. The van der Waals surface area contributed by atoms with Crippen LogP contribution >= 0.6 is 11.3 Å². The summed E-state index contributed by atoms with van der Waals surface area (Å²) in [6.07, 6.45) is 3.54. The van der Waals surface area contributed by atoms with Gasteiger partial charge in [0.1, 0.15) is 12.1 Å². The Morgan fingerprint density at radius 3 is 2.58 bits per heavy atom. The Bertz CT molecular complexity index is 580. The number of imide groups is 1. The molecule has 0 bridgehead atoms. The normalized spacial score (nSPS) is 16.3. The zero-order chi connectivity index (χ0) is 17.6. The van der Waals surface area contributed by atoms with Crippen LogP contribution in [0.1, 0.15) is 44.4 Å². The Morgan fingerprint density at radius 2 is 2.00 bits per heavy atom. The lowest BCUT2D eigenvalue weighted by Gasteiger charge is -2.25. The van der Waals surface area contributed by atoms with E-state index in [0.29, 0.717) is 19.4 Å². The van der Waals surface area contributed by atoms with Crippen molar-refractivity contribution in [3.8, 4) is 0 Å². The van der Waals surface area contributed by atoms with Crippen molar-refractivity contribution in [2.45, 2.75) is 51.5 Å². The average Bonchev–Trinajstić information content (AvgIpc) is 3.12. The molecule has 4 amide bonds. The van der Waals surface area contributed by atoms with E-state index in [1.54, 1.807) is 11.3 Å². The van der Waals surface area contributed by atoms with Gasteiger partial charge in [-0.05, 0) is 30.7 Å². The van der Waals surface area contributed by atoms with Crippen molar-refractivity contribution in [1.82, 2.24) is 15.5 Å². The molecule has 2 heterocycles. The molecular formula is C17H25N3O3S. The van der Waals surface area contributed by atoms with Crippen LogP contribution in [-0.2, 0) is 16.0 Å². The van der Waals surface area contributed by atoms with Crippen LogP contribution in [0.4, 0.5) is 4.79 Å². The van der Waals surface area contributed by atoms with Crippen LogP contribution in [0.5, 0.6) is 0 Å². The Hall–Kier alpha value is -1.89. The molecule has 1 fully saturated rings. The first-order valence-corrected chi connectivity index (χ1v) is 9.33. The highest BCUT2D eigenvalue weighted by Gasteiger charge is 2.50. The minimum absolute atomic E-state index is 0.218. The molecular weight excluding hydrogens is 326 g/mol. The van der Waals surface area contributed by atoms with E-state index in [2.05, 4.69) is 10.6 Å². The number of thiophene rings is 1. The molecule has 2 rings (SSSR count). The van der Waals surface area contributed by atoms with E-state index in [1.165, 1.54) is 4.88 Å². The Balaban J connectivity index is 1.89. The molecule has 2 N–H and O–H groups in total. The fourth-order valence-electron chi connectivity index (χ4n) is 3.12. The van der Waals surface area contributed by atoms with E-state index in [-0.39, 0.29) is 18.4 Å². The van der Waals surface area contributed by atoms with E-state index in [4.69, 9.17) is 0 Å². The zero-order valence-corrected chi connectivity index (χ0v) is 15.1. The third kappa shape index (κ3) is 4.14. The van der Waals surface area contributed by atoms with E-state index in [9.17, 15) is 14.4 Å². The molecule has 0 aliphatic carbocycles. The number of rotatable bonds is 9. The molecule has 0 aromatic carbocycles. The van der Waals surface area contributed by atoms with Gasteiger partial charge in [-0.15, -0.1) is 11.3 Å². The van der Waals surface area contributed by atoms with Crippen molar-refractivity contribution < 1.29 is 14.4 Å². The fraction of sp³-hybridized carbons (Fsp3) is 0.588. The quantitative estimate of drug-likeness (QED) is 0.670. The summed E-state index contributed by atoms with van der Waals surface area (Å²) >= 11 is 1.64. The van der Waals surface area contributed by atoms with Gasteiger partial charge in [0.2, 0.25) is 5.91 Å². The molecule has 24 heavy (non-hydrogen) atoms. The topological polar surface area (TPSA) is 78.5 Å². The lowest BCUT2D eigenvalue weighted by Crippen LogP contribution is -2.47. The molecule has 0 saturated carbocycles. The van der Waals surface area contributed by atoms with Gasteiger partial charge in [0, 0.05) is 11.4 Å². The summed E-state index contributed by atoms with van der Waals surface area (Å²) in [5.41, 5.74) is -0.835. The smallest absolute Gasteiger partial charge is 0.325 e. The van der Waals surface area contributed by atoms with Crippen molar-refractivity contribution in [3.05, 3.63) is 22.4 Å². The van der Waals surface area contributed by atoms with Crippen molar-refractivity contribution in [2.24, 2.45) is 0 Å². The maximum Gasteiger partial charge on any atom is 0.325 e. The standard InChI is InChI=1S/C17H25N3O3S/c1-3-8-17(9-4-2)15(22)20(16(23)19-17)12-14(21)18-10-7-13-6-5-11-24-13/h5-6,11H,3-4,7-10,12H2,1-2H3,(H,18,21)(H,19,23). The molecule has 0 spiro atoms. The van der Waals surface area contributed by atoms with Crippen molar-refractivity contribution in [2.75, 3.05) is 13.1 Å². The van der Waals surface area contributed by atoms with Gasteiger partial charge in [-0.3, -0.25) is 14.5 Å². The highest BCUT2D eigenvalue weighted by molar-refractivity contribution is 7.09. The highest BCUT2D eigenvalue weighted by atomic mass is 32.1. The predicted molar refractivity (Wildman–Crippen MR) is 93.8 cm³/mol. The summed E-state index contributed by atoms with van der Waals surface area (Å²) in [6.45, 7) is 4.25. The molecule has 1 saturated heterocycles. The number of nitrogens with one attached hydrogen (secondary N) is 2. The molecule has 1 aromatic rings. The number of hydrogen-bond acceptors (Lipinski definition) is 4. The molecule has 6 nitrogen and oxygen atoms in total. The number of hydrogen-bond donors (Lipinski definition) is 2. The van der Waals surface area contributed by atoms with Gasteiger partial charge in [0.05, 0.1) is 0 Å². The van der Waals surface area contributed by atoms with Crippen molar-refractivity contribution in [3.63, 3.8) is 0 Å². The van der Waals surface area contributed by atoms with Crippen molar-refractivity contribution >= 4 is 29.2 Å². The van der Waals surface area contributed by atoms with Crippen LogP contribution in [0, 0.1) is 0 Å². The van der Waals surface area contributed by atoms with Gasteiger partial charge in [-0.1, -0.05) is 32.8 Å². The Morgan fingerprint density at radius 1 is 1.29 bits per heavy atom. The third-order valence-corrected chi connectivity index (χ3v) is 5.11. The summed E-state index contributed by atoms with van der Waals surface area (Å²) in [5.74, 6) is -0.580. The van der Waals surface area contributed by atoms with Gasteiger partial charge >= 0.3 is 6.03 Å². The van der Waals surface area contributed by atoms with E-state index < -0.39 is 11.6 Å². The molecule has 1 aromatic heterocycles. The van der Waals surface area contributed by atoms with E-state index in [0.717, 1.165) is 24.2 Å². The van der Waals surface area contributed by atoms with Crippen LogP contribution in [-0.4, -0.2) is 41.4 Å². The first-order valence-electron chi connectivity index (χ1n) is 8.45. The lowest BCUT2D eigenvalue weighted by molar-refractivity contribution is -0.135. The molecule has 7 heteroatoms. The SMILES string of the molecule is CCCC1(CCC)NC(=O)N(CC(=O)NCCc2cccs2)C1=O. The number of amides is 4. The van der Waals surface area contributed by atoms with Crippen LogP contribution in [0.3, 0.4) is 0 Å². The Kier molecular flexibility index (Phi) is 6.36. The zero-order valence-electron chi connectivity index (χ0n) is 14.3. The predicted octanol–water partition coefficient (Wildman–Crippen LogP) is 2.30. The first kappa shape index (κ1) is 18.4. The van der Waals surface area contributed by atoms with Gasteiger partial charge in [0.25, 0.3) is 5.91 Å². The van der Waals surface area contributed by atoms with Gasteiger partial charge in [-0.2, -0.15) is 0 Å². The average molecular weight is 351 g/mol. The van der Waals surface area contributed by atoms with Crippen molar-refractivity contribution in [1.29, 1.82) is 0 Å². The monoisotopic (exact) mass is 351 g/mol. The molecule has 0 unspecified atom stereocenters. The highest BCUT2D eigenvalue weighted by Crippen LogP contribution is 2.27. The number of carbonyl (C=O) groups excluding carboxylic acids is 3. The minimum Gasteiger partial charge on any atom is -0.354 e.